The summed E-state index contributed by atoms with van der Waals surface area (Å²) in [6.07, 6.45) is 1.62. The van der Waals surface area contributed by atoms with Crippen LogP contribution in [0.4, 0.5) is 0 Å². The summed E-state index contributed by atoms with van der Waals surface area (Å²) in [5.74, 6) is 0.161. The van der Waals surface area contributed by atoms with Gasteiger partial charge in [-0.1, -0.05) is 44.2 Å². The molecule has 0 aliphatic heterocycles. The van der Waals surface area contributed by atoms with Gasteiger partial charge >= 0.3 is 5.69 Å². The highest BCUT2D eigenvalue weighted by atomic mass is 35.5. The van der Waals surface area contributed by atoms with Crippen molar-refractivity contribution in [3.05, 3.63) is 70.3 Å². The van der Waals surface area contributed by atoms with Gasteiger partial charge in [-0.25, -0.2) is 9.48 Å². The number of nitrogens with zero attached hydrogens (tertiary/aromatic N) is 3. The molecule has 7 nitrogen and oxygen atoms in total. The van der Waals surface area contributed by atoms with Crippen LogP contribution in [0.5, 0.6) is 0 Å². The molecule has 0 saturated heterocycles. The molecule has 0 saturated carbocycles. The SMILES string of the molecule is CC(C)c1ccc(C(N)CNC(=O)Cn2nc3ccccn3c2=O)cc1.Cl. The number of nitrogens with two attached hydrogens (primary N) is 1. The highest BCUT2D eigenvalue weighted by Gasteiger charge is 2.12. The number of carbonyl (C=O) groups is 1. The lowest BCUT2D eigenvalue weighted by atomic mass is 9.99. The van der Waals surface area contributed by atoms with Gasteiger partial charge in [0.15, 0.2) is 5.65 Å². The quantitative estimate of drug-likeness (QED) is 0.672. The predicted octanol–water partition coefficient (Wildman–Crippen LogP) is 1.86. The number of carbonyl (C=O) groups excluding carboxylic acids is 1. The van der Waals surface area contributed by atoms with Crippen LogP contribution in [-0.4, -0.2) is 26.6 Å². The Morgan fingerprint density at radius 2 is 1.81 bits per heavy atom. The minimum absolute atomic E-state index is 0. The lowest BCUT2D eigenvalue weighted by Crippen LogP contribution is -2.36. The number of nitrogens with one attached hydrogen (secondary N) is 1. The number of amides is 1. The molecule has 0 bridgehead atoms. The molecule has 0 radical (unpaired) electrons. The summed E-state index contributed by atoms with van der Waals surface area (Å²) >= 11 is 0. The summed E-state index contributed by atoms with van der Waals surface area (Å²) in [6, 6.07) is 13.0. The molecule has 1 amide bonds. The van der Waals surface area contributed by atoms with E-state index in [1.54, 1.807) is 24.4 Å². The van der Waals surface area contributed by atoms with Gasteiger partial charge in [0.1, 0.15) is 6.54 Å². The van der Waals surface area contributed by atoms with Crippen LogP contribution in [0, 0.1) is 0 Å². The number of halogens is 1. The van der Waals surface area contributed by atoms with Crippen LogP contribution < -0.4 is 16.7 Å². The summed E-state index contributed by atoms with van der Waals surface area (Å²) in [7, 11) is 0. The standard InChI is InChI=1S/C19H23N5O2.ClH/c1-13(2)14-6-8-15(9-7-14)16(20)11-21-18(25)12-24-19(26)23-10-4-3-5-17(23)22-24;/h3-10,13,16H,11-12,20H2,1-2H3,(H,21,25);1H. The molecule has 144 valence electrons. The zero-order chi connectivity index (χ0) is 18.7. The molecule has 0 aliphatic rings. The number of pyridine rings is 1. The van der Waals surface area contributed by atoms with E-state index in [0.717, 1.165) is 10.2 Å². The van der Waals surface area contributed by atoms with Crippen molar-refractivity contribution >= 4 is 24.0 Å². The zero-order valence-electron chi connectivity index (χ0n) is 15.3. The van der Waals surface area contributed by atoms with Gasteiger partial charge in [0.25, 0.3) is 0 Å². The van der Waals surface area contributed by atoms with Gasteiger partial charge in [0.05, 0.1) is 0 Å². The first kappa shape index (κ1) is 20.7. The van der Waals surface area contributed by atoms with Crippen LogP contribution in [0.2, 0.25) is 0 Å². The molecule has 1 aromatic carbocycles. The Labute approximate surface area is 163 Å². The van der Waals surface area contributed by atoms with E-state index in [-0.39, 0.29) is 36.6 Å². The molecule has 8 heteroatoms. The van der Waals surface area contributed by atoms with E-state index in [1.807, 2.05) is 12.1 Å². The Morgan fingerprint density at radius 1 is 1.15 bits per heavy atom. The molecular weight excluding hydrogens is 366 g/mol. The lowest BCUT2D eigenvalue weighted by Gasteiger charge is -2.14. The molecule has 1 unspecified atom stereocenters. The van der Waals surface area contributed by atoms with Gasteiger partial charge in [0, 0.05) is 18.8 Å². The third kappa shape index (κ3) is 4.75. The van der Waals surface area contributed by atoms with Crippen molar-refractivity contribution in [2.75, 3.05) is 6.54 Å². The maximum Gasteiger partial charge on any atom is 0.350 e. The van der Waals surface area contributed by atoms with E-state index in [0.29, 0.717) is 18.1 Å². The summed E-state index contributed by atoms with van der Waals surface area (Å²) < 4.78 is 2.54. The maximum absolute atomic E-state index is 12.2. The van der Waals surface area contributed by atoms with Gasteiger partial charge in [-0.05, 0) is 29.2 Å². The first-order chi connectivity index (χ1) is 12.5. The normalized spacial score (nSPS) is 12.0. The first-order valence-corrected chi connectivity index (χ1v) is 8.62. The summed E-state index contributed by atoms with van der Waals surface area (Å²) in [4.78, 5) is 24.3. The van der Waals surface area contributed by atoms with Crippen LogP contribution in [0.3, 0.4) is 0 Å². The maximum atomic E-state index is 12.2. The molecule has 0 fully saturated rings. The number of aromatic nitrogens is 3. The van der Waals surface area contributed by atoms with Crippen molar-refractivity contribution < 1.29 is 4.79 Å². The van der Waals surface area contributed by atoms with Crippen LogP contribution in [0.15, 0.2) is 53.5 Å². The Morgan fingerprint density at radius 3 is 2.44 bits per heavy atom. The topological polar surface area (TPSA) is 94.4 Å². The van der Waals surface area contributed by atoms with E-state index in [2.05, 4.69) is 36.4 Å². The minimum Gasteiger partial charge on any atom is -0.353 e. The van der Waals surface area contributed by atoms with E-state index in [4.69, 9.17) is 5.73 Å². The molecule has 2 heterocycles. The van der Waals surface area contributed by atoms with Crippen LogP contribution in [-0.2, 0) is 11.3 Å². The fourth-order valence-corrected chi connectivity index (χ4v) is 2.73. The van der Waals surface area contributed by atoms with Crippen molar-refractivity contribution in [1.82, 2.24) is 19.5 Å². The summed E-state index contributed by atoms with van der Waals surface area (Å²) in [5, 5.41) is 6.90. The number of rotatable bonds is 6. The molecule has 0 aliphatic carbocycles. The highest BCUT2D eigenvalue weighted by Crippen LogP contribution is 2.17. The third-order valence-electron chi connectivity index (χ3n) is 4.33. The molecule has 3 rings (SSSR count). The number of benzene rings is 1. The molecule has 27 heavy (non-hydrogen) atoms. The second kappa shape index (κ2) is 8.83. The van der Waals surface area contributed by atoms with E-state index >= 15 is 0 Å². The molecule has 1 atom stereocenters. The zero-order valence-corrected chi connectivity index (χ0v) is 16.1. The van der Waals surface area contributed by atoms with Gasteiger partial charge < -0.3 is 11.1 Å². The predicted molar refractivity (Wildman–Crippen MR) is 107 cm³/mol. The van der Waals surface area contributed by atoms with Crippen LogP contribution in [0.25, 0.3) is 5.65 Å². The lowest BCUT2D eigenvalue weighted by molar-refractivity contribution is -0.121. The average molecular weight is 390 g/mol. The van der Waals surface area contributed by atoms with Gasteiger partial charge in [-0.15, -0.1) is 17.5 Å². The second-order valence-electron chi connectivity index (χ2n) is 6.60. The van der Waals surface area contributed by atoms with Crippen molar-refractivity contribution in [2.45, 2.75) is 32.4 Å². The molecule has 0 spiro atoms. The first-order valence-electron chi connectivity index (χ1n) is 8.62. The largest absolute Gasteiger partial charge is 0.353 e. The Kier molecular flexibility index (Phi) is 6.76. The van der Waals surface area contributed by atoms with Crippen LogP contribution in [0.1, 0.15) is 36.9 Å². The molecule has 3 N–H and O–H groups in total. The number of hydrogen-bond donors (Lipinski definition) is 2. The molecule has 2 aromatic heterocycles. The van der Waals surface area contributed by atoms with Crippen LogP contribution >= 0.6 is 12.4 Å². The van der Waals surface area contributed by atoms with Gasteiger partial charge in [-0.2, -0.15) is 0 Å². The van der Waals surface area contributed by atoms with Crippen molar-refractivity contribution in [2.24, 2.45) is 5.73 Å². The molecule has 3 aromatic rings. The van der Waals surface area contributed by atoms with Gasteiger partial charge in [-0.3, -0.25) is 9.20 Å². The fraction of sp³-hybridized carbons (Fsp3) is 0.316. The number of hydrogen-bond acceptors (Lipinski definition) is 4. The molecular formula is C19H24ClN5O2. The Bertz CT molecular complexity index is 962. The van der Waals surface area contributed by atoms with E-state index < -0.39 is 0 Å². The number of fused-ring (bicyclic) bond motifs is 1. The van der Waals surface area contributed by atoms with Crippen molar-refractivity contribution in [3.8, 4) is 0 Å². The summed E-state index contributed by atoms with van der Waals surface area (Å²) in [5.41, 5.74) is 8.52. The Balaban J connectivity index is 0.00000261. The fourth-order valence-electron chi connectivity index (χ4n) is 2.73. The van der Waals surface area contributed by atoms with Crippen molar-refractivity contribution in [3.63, 3.8) is 0 Å². The van der Waals surface area contributed by atoms with E-state index in [1.165, 1.54) is 9.96 Å². The third-order valence-corrected chi connectivity index (χ3v) is 4.33. The monoisotopic (exact) mass is 389 g/mol. The minimum atomic E-state index is -0.343. The highest BCUT2D eigenvalue weighted by molar-refractivity contribution is 5.85. The summed E-state index contributed by atoms with van der Waals surface area (Å²) in [6.45, 7) is 4.42. The van der Waals surface area contributed by atoms with Crippen molar-refractivity contribution in [1.29, 1.82) is 0 Å². The van der Waals surface area contributed by atoms with Gasteiger partial charge in [0.2, 0.25) is 5.91 Å². The second-order valence-corrected chi connectivity index (χ2v) is 6.60. The van der Waals surface area contributed by atoms with E-state index in [9.17, 15) is 9.59 Å². The Hall–Kier alpha value is -2.64. The average Bonchev–Trinajstić information content (AvgIpc) is 2.95. The smallest absolute Gasteiger partial charge is 0.350 e.